The number of hydrogen-bond acceptors (Lipinski definition) is 2. The Labute approximate surface area is 114 Å². The van der Waals surface area contributed by atoms with Gasteiger partial charge in [-0.1, -0.05) is 44.2 Å². The smallest absolute Gasteiger partial charge is 0.187 e. The standard InChI is InChI=1S/C14H19N3S/c1-4-9-15-14(18)17-16-10-12-5-7-13(8-6-12)11(2)3/h4-8,10-11H,1,9H2,2-3H3,(H2,15,17,18). The average molecular weight is 261 g/mol. The second-order valence-corrected chi connectivity index (χ2v) is 4.60. The van der Waals surface area contributed by atoms with Gasteiger partial charge in [-0.2, -0.15) is 5.10 Å². The third-order valence-corrected chi connectivity index (χ3v) is 2.63. The highest BCUT2D eigenvalue weighted by Gasteiger charge is 1.97. The van der Waals surface area contributed by atoms with Crippen molar-refractivity contribution in [2.24, 2.45) is 5.10 Å². The molecule has 4 heteroatoms. The van der Waals surface area contributed by atoms with Crippen LogP contribution in [0.15, 0.2) is 42.0 Å². The maximum atomic E-state index is 5.01. The summed E-state index contributed by atoms with van der Waals surface area (Å²) in [5.41, 5.74) is 5.11. The van der Waals surface area contributed by atoms with E-state index in [1.165, 1.54) is 5.56 Å². The molecular weight excluding hydrogens is 242 g/mol. The van der Waals surface area contributed by atoms with E-state index in [0.717, 1.165) is 5.56 Å². The van der Waals surface area contributed by atoms with Gasteiger partial charge in [-0.3, -0.25) is 5.43 Å². The van der Waals surface area contributed by atoms with Gasteiger partial charge in [0.15, 0.2) is 5.11 Å². The Morgan fingerprint density at radius 3 is 2.61 bits per heavy atom. The van der Waals surface area contributed by atoms with Crippen molar-refractivity contribution in [3.8, 4) is 0 Å². The first kappa shape index (κ1) is 14.4. The number of rotatable bonds is 5. The van der Waals surface area contributed by atoms with Gasteiger partial charge in [-0.05, 0) is 29.3 Å². The van der Waals surface area contributed by atoms with E-state index < -0.39 is 0 Å². The number of nitrogens with zero attached hydrogens (tertiary/aromatic N) is 1. The van der Waals surface area contributed by atoms with E-state index in [2.05, 4.69) is 48.4 Å². The lowest BCUT2D eigenvalue weighted by molar-refractivity contribution is 0.866. The van der Waals surface area contributed by atoms with Gasteiger partial charge in [0.2, 0.25) is 0 Å². The summed E-state index contributed by atoms with van der Waals surface area (Å²) in [7, 11) is 0. The molecule has 0 aliphatic carbocycles. The van der Waals surface area contributed by atoms with Crippen LogP contribution < -0.4 is 10.7 Å². The number of hydrazone groups is 1. The van der Waals surface area contributed by atoms with Gasteiger partial charge < -0.3 is 5.32 Å². The van der Waals surface area contributed by atoms with Gasteiger partial charge in [-0.25, -0.2) is 0 Å². The molecule has 0 aliphatic heterocycles. The second-order valence-electron chi connectivity index (χ2n) is 4.19. The van der Waals surface area contributed by atoms with Crippen molar-refractivity contribution in [1.82, 2.24) is 10.7 Å². The van der Waals surface area contributed by atoms with Crippen LogP contribution in [0.2, 0.25) is 0 Å². The van der Waals surface area contributed by atoms with Crippen molar-refractivity contribution in [3.05, 3.63) is 48.0 Å². The van der Waals surface area contributed by atoms with Crippen LogP contribution in [-0.4, -0.2) is 17.9 Å². The summed E-state index contributed by atoms with van der Waals surface area (Å²) in [5.74, 6) is 0.546. The number of benzene rings is 1. The van der Waals surface area contributed by atoms with E-state index in [0.29, 0.717) is 17.6 Å². The summed E-state index contributed by atoms with van der Waals surface area (Å²) in [6.45, 7) is 8.57. The Kier molecular flexibility index (Phi) is 6.08. The fourth-order valence-electron chi connectivity index (χ4n) is 1.34. The maximum Gasteiger partial charge on any atom is 0.187 e. The Morgan fingerprint density at radius 1 is 1.39 bits per heavy atom. The summed E-state index contributed by atoms with van der Waals surface area (Å²) in [6, 6.07) is 8.31. The fraction of sp³-hybridized carbons (Fsp3) is 0.286. The molecule has 1 rings (SSSR count). The molecule has 2 N–H and O–H groups in total. The van der Waals surface area contributed by atoms with Crippen molar-refractivity contribution >= 4 is 23.5 Å². The lowest BCUT2D eigenvalue weighted by Crippen LogP contribution is -2.31. The summed E-state index contributed by atoms with van der Waals surface area (Å²) >= 11 is 5.01. The molecule has 0 radical (unpaired) electrons. The van der Waals surface area contributed by atoms with E-state index in [-0.39, 0.29) is 0 Å². The Balaban J connectivity index is 2.46. The van der Waals surface area contributed by atoms with Crippen molar-refractivity contribution in [2.75, 3.05) is 6.54 Å². The van der Waals surface area contributed by atoms with Crippen LogP contribution >= 0.6 is 12.2 Å². The van der Waals surface area contributed by atoms with Gasteiger partial charge >= 0.3 is 0 Å². The summed E-state index contributed by atoms with van der Waals surface area (Å²) < 4.78 is 0. The largest absolute Gasteiger partial charge is 0.358 e. The minimum Gasteiger partial charge on any atom is -0.358 e. The number of hydrogen-bond donors (Lipinski definition) is 2. The molecule has 0 aliphatic rings. The summed E-state index contributed by atoms with van der Waals surface area (Å²) in [5, 5.41) is 7.48. The summed E-state index contributed by atoms with van der Waals surface area (Å²) in [6.07, 6.45) is 3.48. The molecule has 1 aromatic carbocycles. The number of thiocarbonyl (C=S) groups is 1. The van der Waals surface area contributed by atoms with Crippen LogP contribution in [0.4, 0.5) is 0 Å². The quantitative estimate of drug-likeness (QED) is 0.370. The molecular formula is C14H19N3S. The van der Waals surface area contributed by atoms with Crippen LogP contribution in [0, 0.1) is 0 Å². The predicted molar refractivity (Wildman–Crippen MR) is 82.1 cm³/mol. The van der Waals surface area contributed by atoms with Crippen LogP contribution in [0.1, 0.15) is 30.9 Å². The van der Waals surface area contributed by atoms with Gasteiger partial charge in [0.05, 0.1) is 6.21 Å². The first-order valence-electron chi connectivity index (χ1n) is 5.91. The average Bonchev–Trinajstić information content (AvgIpc) is 2.37. The Hall–Kier alpha value is -1.68. The van der Waals surface area contributed by atoms with Crippen molar-refractivity contribution < 1.29 is 0 Å². The molecule has 0 saturated carbocycles. The fourth-order valence-corrected chi connectivity index (χ4v) is 1.47. The SMILES string of the molecule is C=CCNC(=S)NN=Cc1ccc(C(C)C)cc1. The third-order valence-electron chi connectivity index (χ3n) is 2.39. The molecule has 0 amide bonds. The molecule has 0 aromatic heterocycles. The zero-order valence-corrected chi connectivity index (χ0v) is 11.6. The van der Waals surface area contributed by atoms with Crippen LogP contribution in [0.5, 0.6) is 0 Å². The Bertz CT molecular complexity index is 421. The molecule has 0 atom stereocenters. The number of nitrogens with one attached hydrogen (secondary N) is 2. The van der Waals surface area contributed by atoms with Crippen LogP contribution in [0.25, 0.3) is 0 Å². The molecule has 0 heterocycles. The lowest BCUT2D eigenvalue weighted by Gasteiger charge is -2.05. The van der Waals surface area contributed by atoms with Crippen molar-refractivity contribution in [2.45, 2.75) is 19.8 Å². The summed E-state index contributed by atoms with van der Waals surface area (Å²) in [4.78, 5) is 0. The van der Waals surface area contributed by atoms with Gasteiger partial charge in [0, 0.05) is 6.54 Å². The molecule has 0 bridgehead atoms. The van der Waals surface area contributed by atoms with E-state index in [9.17, 15) is 0 Å². The molecule has 0 fully saturated rings. The van der Waals surface area contributed by atoms with Crippen molar-refractivity contribution in [3.63, 3.8) is 0 Å². The molecule has 18 heavy (non-hydrogen) atoms. The van der Waals surface area contributed by atoms with E-state index in [1.807, 2.05) is 12.1 Å². The first-order valence-corrected chi connectivity index (χ1v) is 6.32. The molecule has 3 nitrogen and oxygen atoms in total. The minimum absolute atomic E-state index is 0.491. The molecule has 96 valence electrons. The third kappa shape index (κ3) is 5.10. The maximum absolute atomic E-state index is 5.01. The van der Waals surface area contributed by atoms with E-state index >= 15 is 0 Å². The highest BCUT2D eigenvalue weighted by atomic mass is 32.1. The monoisotopic (exact) mass is 261 g/mol. The minimum atomic E-state index is 0.491. The van der Waals surface area contributed by atoms with Gasteiger partial charge in [-0.15, -0.1) is 6.58 Å². The zero-order chi connectivity index (χ0) is 13.4. The van der Waals surface area contributed by atoms with Gasteiger partial charge in [0.1, 0.15) is 0 Å². The Morgan fingerprint density at radius 2 is 2.06 bits per heavy atom. The second kappa shape index (κ2) is 7.61. The van der Waals surface area contributed by atoms with Gasteiger partial charge in [0.25, 0.3) is 0 Å². The molecule has 0 spiro atoms. The van der Waals surface area contributed by atoms with E-state index in [4.69, 9.17) is 12.2 Å². The van der Waals surface area contributed by atoms with Crippen LogP contribution in [0.3, 0.4) is 0 Å². The normalized spacial score (nSPS) is 10.6. The highest BCUT2D eigenvalue weighted by molar-refractivity contribution is 7.80. The zero-order valence-electron chi connectivity index (χ0n) is 10.8. The van der Waals surface area contributed by atoms with Crippen molar-refractivity contribution in [1.29, 1.82) is 0 Å². The topological polar surface area (TPSA) is 36.4 Å². The molecule has 0 saturated heterocycles. The van der Waals surface area contributed by atoms with E-state index in [1.54, 1.807) is 12.3 Å². The van der Waals surface area contributed by atoms with Crippen LogP contribution in [-0.2, 0) is 0 Å². The molecule has 0 unspecified atom stereocenters. The molecule has 1 aromatic rings. The first-order chi connectivity index (χ1) is 8.63. The highest BCUT2D eigenvalue weighted by Crippen LogP contribution is 2.13. The lowest BCUT2D eigenvalue weighted by atomic mass is 10.0. The predicted octanol–water partition coefficient (Wildman–Crippen LogP) is 2.79.